The van der Waals surface area contributed by atoms with Gasteiger partial charge in [-0.25, -0.2) is 0 Å². The van der Waals surface area contributed by atoms with Crippen LogP contribution >= 0.6 is 0 Å². The molecule has 0 aliphatic carbocycles. The molecule has 0 atom stereocenters. The molecule has 1 aromatic carbocycles. The van der Waals surface area contributed by atoms with E-state index in [9.17, 15) is 4.79 Å². The van der Waals surface area contributed by atoms with E-state index in [-0.39, 0.29) is 5.56 Å². The van der Waals surface area contributed by atoms with Gasteiger partial charge in [0.1, 0.15) is 11.5 Å². The number of hydrogen-bond donors (Lipinski definition) is 1. The molecule has 1 N–H and O–H groups in total. The van der Waals surface area contributed by atoms with Crippen molar-refractivity contribution in [1.29, 1.82) is 0 Å². The topological polar surface area (TPSA) is 51.3 Å². The highest BCUT2D eigenvalue weighted by Crippen LogP contribution is 2.26. The molecule has 0 aliphatic heterocycles. The number of ether oxygens (including phenoxy) is 2. The molecule has 4 nitrogen and oxygen atoms in total. The minimum Gasteiger partial charge on any atom is -0.497 e. The van der Waals surface area contributed by atoms with Crippen LogP contribution in [0.25, 0.3) is 10.9 Å². The number of rotatable bonds is 3. The van der Waals surface area contributed by atoms with Crippen molar-refractivity contribution in [2.45, 2.75) is 6.92 Å². The SMILES string of the molecule is CCOc1cc(=O)[nH]c2ccc(OC)cc12. The number of aromatic amines is 1. The van der Waals surface area contributed by atoms with Gasteiger partial charge in [0, 0.05) is 11.5 Å². The van der Waals surface area contributed by atoms with Gasteiger partial charge < -0.3 is 14.5 Å². The first-order valence-electron chi connectivity index (χ1n) is 5.08. The van der Waals surface area contributed by atoms with Gasteiger partial charge in [-0.3, -0.25) is 4.79 Å². The molecule has 2 aromatic rings. The van der Waals surface area contributed by atoms with Crippen LogP contribution in [-0.2, 0) is 0 Å². The summed E-state index contributed by atoms with van der Waals surface area (Å²) in [5.74, 6) is 1.32. The van der Waals surface area contributed by atoms with Gasteiger partial charge in [0.25, 0.3) is 5.56 Å². The summed E-state index contributed by atoms with van der Waals surface area (Å²) in [6.45, 7) is 2.41. The van der Waals surface area contributed by atoms with E-state index in [0.29, 0.717) is 12.4 Å². The van der Waals surface area contributed by atoms with E-state index in [0.717, 1.165) is 16.7 Å². The number of pyridine rings is 1. The summed E-state index contributed by atoms with van der Waals surface area (Å²) in [5, 5.41) is 0.848. The second-order valence-corrected chi connectivity index (χ2v) is 3.34. The van der Waals surface area contributed by atoms with Crippen molar-refractivity contribution in [2.24, 2.45) is 0 Å². The molecule has 84 valence electrons. The standard InChI is InChI=1S/C12H13NO3/c1-3-16-11-7-12(14)13-10-5-4-8(15-2)6-9(10)11/h4-7H,3H2,1-2H3,(H,13,14). The van der Waals surface area contributed by atoms with Crippen LogP contribution in [0.3, 0.4) is 0 Å². The highest BCUT2D eigenvalue weighted by molar-refractivity contribution is 5.86. The van der Waals surface area contributed by atoms with Gasteiger partial charge >= 0.3 is 0 Å². The number of H-pyrrole nitrogens is 1. The highest BCUT2D eigenvalue weighted by atomic mass is 16.5. The second-order valence-electron chi connectivity index (χ2n) is 3.34. The quantitative estimate of drug-likeness (QED) is 0.858. The van der Waals surface area contributed by atoms with Gasteiger partial charge in [-0.05, 0) is 25.1 Å². The molecule has 0 saturated carbocycles. The Morgan fingerprint density at radius 3 is 2.81 bits per heavy atom. The maximum absolute atomic E-state index is 11.4. The van der Waals surface area contributed by atoms with E-state index in [1.165, 1.54) is 6.07 Å². The summed E-state index contributed by atoms with van der Waals surface area (Å²) < 4.78 is 10.6. The smallest absolute Gasteiger partial charge is 0.252 e. The van der Waals surface area contributed by atoms with Crippen molar-refractivity contribution in [2.75, 3.05) is 13.7 Å². The fourth-order valence-electron chi connectivity index (χ4n) is 1.60. The van der Waals surface area contributed by atoms with E-state index in [1.807, 2.05) is 13.0 Å². The lowest BCUT2D eigenvalue weighted by Crippen LogP contribution is -2.06. The molecule has 0 fully saturated rings. The van der Waals surface area contributed by atoms with E-state index >= 15 is 0 Å². The molecule has 1 aromatic heterocycles. The third-order valence-electron chi connectivity index (χ3n) is 2.31. The average molecular weight is 219 g/mol. The Balaban J connectivity index is 2.70. The normalized spacial score (nSPS) is 10.4. The minimum absolute atomic E-state index is 0.166. The Labute approximate surface area is 92.8 Å². The van der Waals surface area contributed by atoms with Crippen LogP contribution in [0, 0.1) is 0 Å². The molecule has 0 bridgehead atoms. The largest absolute Gasteiger partial charge is 0.497 e. The summed E-state index contributed by atoms with van der Waals surface area (Å²) in [4.78, 5) is 14.1. The Hall–Kier alpha value is -1.97. The van der Waals surface area contributed by atoms with Crippen LogP contribution in [0.5, 0.6) is 11.5 Å². The molecule has 16 heavy (non-hydrogen) atoms. The zero-order valence-electron chi connectivity index (χ0n) is 9.24. The molecule has 0 aliphatic rings. The van der Waals surface area contributed by atoms with E-state index in [2.05, 4.69) is 4.98 Å². The average Bonchev–Trinajstić information content (AvgIpc) is 2.29. The van der Waals surface area contributed by atoms with Crippen LogP contribution < -0.4 is 15.0 Å². The molecular formula is C12H13NO3. The highest BCUT2D eigenvalue weighted by Gasteiger charge is 2.05. The Bertz CT molecular complexity index is 560. The molecule has 0 saturated heterocycles. The Kier molecular flexibility index (Phi) is 2.81. The van der Waals surface area contributed by atoms with Gasteiger partial charge in [0.15, 0.2) is 0 Å². The van der Waals surface area contributed by atoms with Crippen LogP contribution in [0.15, 0.2) is 29.1 Å². The van der Waals surface area contributed by atoms with E-state index < -0.39 is 0 Å². The summed E-state index contributed by atoms with van der Waals surface area (Å²) in [6, 6.07) is 6.90. The van der Waals surface area contributed by atoms with Gasteiger partial charge in [0.2, 0.25) is 0 Å². The molecule has 2 rings (SSSR count). The third-order valence-corrected chi connectivity index (χ3v) is 2.31. The van der Waals surface area contributed by atoms with Crippen LogP contribution in [0.4, 0.5) is 0 Å². The first kappa shape index (κ1) is 10.5. The monoisotopic (exact) mass is 219 g/mol. The summed E-state index contributed by atoms with van der Waals surface area (Å²) in [7, 11) is 1.60. The zero-order valence-corrected chi connectivity index (χ0v) is 9.24. The van der Waals surface area contributed by atoms with Crippen molar-refractivity contribution in [3.05, 3.63) is 34.6 Å². The maximum Gasteiger partial charge on any atom is 0.252 e. The Morgan fingerprint density at radius 2 is 2.12 bits per heavy atom. The fraction of sp³-hybridized carbons (Fsp3) is 0.250. The molecule has 0 spiro atoms. The maximum atomic E-state index is 11.4. The summed E-state index contributed by atoms with van der Waals surface area (Å²) in [5.41, 5.74) is 0.581. The van der Waals surface area contributed by atoms with E-state index in [1.54, 1.807) is 19.2 Å². The number of hydrogen-bond acceptors (Lipinski definition) is 3. The second kappa shape index (κ2) is 4.26. The zero-order chi connectivity index (χ0) is 11.5. The van der Waals surface area contributed by atoms with Crippen LogP contribution in [0.1, 0.15) is 6.92 Å². The Morgan fingerprint density at radius 1 is 1.31 bits per heavy atom. The number of aromatic nitrogens is 1. The van der Waals surface area contributed by atoms with Gasteiger partial charge in [-0.1, -0.05) is 0 Å². The van der Waals surface area contributed by atoms with E-state index in [4.69, 9.17) is 9.47 Å². The van der Waals surface area contributed by atoms with Gasteiger partial charge in [-0.15, -0.1) is 0 Å². The molecule has 1 heterocycles. The lowest BCUT2D eigenvalue weighted by atomic mass is 10.2. The predicted molar refractivity (Wildman–Crippen MR) is 62.3 cm³/mol. The summed E-state index contributed by atoms with van der Waals surface area (Å²) in [6.07, 6.45) is 0. The third kappa shape index (κ3) is 1.86. The van der Waals surface area contributed by atoms with Crippen molar-refractivity contribution in [3.8, 4) is 11.5 Å². The van der Waals surface area contributed by atoms with Crippen molar-refractivity contribution >= 4 is 10.9 Å². The number of methoxy groups -OCH3 is 1. The summed E-state index contributed by atoms with van der Waals surface area (Å²) >= 11 is 0. The van der Waals surface area contributed by atoms with Crippen molar-refractivity contribution in [1.82, 2.24) is 4.98 Å². The predicted octanol–water partition coefficient (Wildman–Crippen LogP) is 1.94. The van der Waals surface area contributed by atoms with Crippen molar-refractivity contribution in [3.63, 3.8) is 0 Å². The molecule has 0 radical (unpaired) electrons. The fourth-order valence-corrected chi connectivity index (χ4v) is 1.60. The number of benzene rings is 1. The molecular weight excluding hydrogens is 206 g/mol. The first-order chi connectivity index (χ1) is 7.74. The minimum atomic E-state index is -0.166. The molecule has 0 amide bonds. The van der Waals surface area contributed by atoms with Gasteiger partial charge in [-0.2, -0.15) is 0 Å². The van der Waals surface area contributed by atoms with Crippen molar-refractivity contribution < 1.29 is 9.47 Å². The number of fused-ring (bicyclic) bond motifs is 1. The lowest BCUT2D eigenvalue weighted by Gasteiger charge is -2.08. The lowest BCUT2D eigenvalue weighted by molar-refractivity contribution is 0.343. The number of nitrogens with one attached hydrogen (secondary N) is 1. The van der Waals surface area contributed by atoms with Crippen LogP contribution in [0.2, 0.25) is 0 Å². The first-order valence-corrected chi connectivity index (χ1v) is 5.08. The molecule has 4 heteroatoms. The van der Waals surface area contributed by atoms with Gasteiger partial charge in [0.05, 0.1) is 19.2 Å². The van der Waals surface area contributed by atoms with Crippen LogP contribution in [-0.4, -0.2) is 18.7 Å². The molecule has 0 unspecified atom stereocenters.